The molecular formula is C17H24FNO3. The standard InChI is InChI=1S/C17H24FNO3/c1-11(2)8-13(17(21)22)10-19-16(20)9-12(3)14-6-4-5-7-15(14)18/h4-7,11-13H,8-10H2,1-3H3,(H,19,20)(H,21,22). The molecule has 0 aromatic heterocycles. The lowest BCUT2D eigenvalue weighted by Crippen LogP contribution is -2.34. The van der Waals surface area contributed by atoms with E-state index in [0.717, 1.165) is 0 Å². The van der Waals surface area contributed by atoms with Gasteiger partial charge in [0.1, 0.15) is 5.82 Å². The van der Waals surface area contributed by atoms with Gasteiger partial charge in [0.2, 0.25) is 5.91 Å². The van der Waals surface area contributed by atoms with Crippen LogP contribution in [-0.4, -0.2) is 23.5 Å². The maximum Gasteiger partial charge on any atom is 0.308 e. The van der Waals surface area contributed by atoms with E-state index in [4.69, 9.17) is 5.11 Å². The number of hydrogen-bond acceptors (Lipinski definition) is 2. The summed E-state index contributed by atoms with van der Waals surface area (Å²) in [5.74, 6) is -2.09. The van der Waals surface area contributed by atoms with Gasteiger partial charge in [0.15, 0.2) is 0 Å². The zero-order chi connectivity index (χ0) is 16.7. The SMILES string of the molecule is CC(C)CC(CNC(=O)CC(C)c1ccccc1F)C(=O)O. The molecule has 4 nitrogen and oxygen atoms in total. The summed E-state index contributed by atoms with van der Waals surface area (Å²) in [7, 11) is 0. The Morgan fingerprint density at radius 3 is 2.41 bits per heavy atom. The molecule has 0 saturated carbocycles. The van der Waals surface area contributed by atoms with Gasteiger partial charge in [-0.1, -0.05) is 39.0 Å². The molecule has 122 valence electrons. The number of halogens is 1. The van der Waals surface area contributed by atoms with Crippen molar-refractivity contribution in [2.24, 2.45) is 11.8 Å². The van der Waals surface area contributed by atoms with E-state index in [0.29, 0.717) is 12.0 Å². The minimum Gasteiger partial charge on any atom is -0.481 e. The Hall–Kier alpha value is -1.91. The quantitative estimate of drug-likeness (QED) is 0.775. The number of carboxylic acid groups (broad SMARTS) is 1. The van der Waals surface area contributed by atoms with Gasteiger partial charge in [-0.3, -0.25) is 9.59 Å². The predicted octanol–water partition coefficient (Wildman–Crippen LogP) is 3.18. The zero-order valence-electron chi connectivity index (χ0n) is 13.3. The van der Waals surface area contributed by atoms with E-state index in [1.807, 2.05) is 13.8 Å². The Labute approximate surface area is 130 Å². The van der Waals surface area contributed by atoms with Gasteiger partial charge in [-0.2, -0.15) is 0 Å². The highest BCUT2D eigenvalue weighted by Crippen LogP contribution is 2.21. The van der Waals surface area contributed by atoms with Crippen molar-refractivity contribution in [3.8, 4) is 0 Å². The number of aliphatic carboxylic acids is 1. The Morgan fingerprint density at radius 1 is 1.23 bits per heavy atom. The molecule has 0 aliphatic rings. The third-order valence-electron chi connectivity index (χ3n) is 3.58. The number of benzene rings is 1. The zero-order valence-corrected chi connectivity index (χ0v) is 13.3. The van der Waals surface area contributed by atoms with E-state index in [1.165, 1.54) is 6.07 Å². The minimum atomic E-state index is -0.906. The maximum absolute atomic E-state index is 13.6. The first-order chi connectivity index (χ1) is 10.3. The Bertz CT molecular complexity index is 516. The van der Waals surface area contributed by atoms with E-state index in [-0.39, 0.29) is 36.5 Å². The van der Waals surface area contributed by atoms with Crippen LogP contribution in [0.3, 0.4) is 0 Å². The Morgan fingerprint density at radius 2 is 1.86 bits per heavy atom. The molecule has 1 aromatic carbocycles. The molecule has 0 bridgehead atoms. The molecule has 0 saturated heterocycles. The summed E-state index contributed by atoms with van der Waals surface area (Å²) in [5.41, 5.74) is 0.495. The molecule has 0 radical (unpaired) electrons. The van der Waals surface area contributed by atoms with Gasteiger partial charge in [-0.15, -0.1) is 0 Å². The summed E-state index contributed by atoms with van der Waals surface area (Å²) in [5, 5.41) is 11.8. The van der Waals surface area contributed by atoms with Crippen molar-refractivity contribution in [1.29, 1.82) is 0 Å². The van der Waals surface area contributed by atoms with Crippen LogP contribution in [0.1, 0.15) is 45.1 Å². The number of rotatable bonds is 8. The first-order valence-electron chi connectivity index (χ1n) is 7.55. The molecule has 1 amide bonds. The Balaban J connectivity index is 2.52. The first-order valence-corrected chi connectivity index (χ1v) is 7.55. The van der Waals surface area contributed by atoms with Crippen molar-refractivity contribution < 1.29 is 19.1 Å². The number of carbonyl (C=O) groups excluding carboxylic acids is 1. The number of nitrogens with one attached hydrogen (secondary N) is 1. The monoisotopic (exact) mass is 309 g/mol. The summed E-state index contributed by atoms with van der Waals surface area (Å²) >= 11 is 0. The molecule has 0 heterocycles. The van der Waals surface area contributed by atoms with Crippen molar-refractivity contribution >= 4 is 11.9 Å². The van der Waals surface area contributed by atoms with Crippen molar-refractivity contribution in [2.75, 3.05) is 6.54 Å². The summed E-state index contributed by atoms with van der Waals surface area (Å²) in [6.45, 7) is 5.77. The van der Waals surface area contributed by atoms with E-state index in [1.54, 1.807) is 25.1 Å². The molecule has 2 N–H and O–H groups in total. The van der Waals surface area contributed by atoms with Crippen molar-refractivity contribution in [3.63, 3.8) is 0 Å². The van der Waals surface area contributed by atoms with E-state index in [9.17, 15) is 14.0 Å². The van der Waals surface area contributed by atoms with Crippen LogP contribution in [0.5, 0.6) is 0 Å². The van der Waals surface area contributed by atoms with Crippen LogP contribution in [0.15, 0.2) is 24.3 Å². The van der Waals surface area contributed by atoms with Gasteiger partial charge in [0.25, 0.3) is 0 Å². The van der Waals surface area contributed by atoms with Gasteiger partial charge in [0, 0.05) is 13.0 Å². The second kappa shape index (κ2) is 8.51. The van der Waals surface area contributed by atoms with Gasteiger partial charge in [-0.05, 0) is 29.9 Å². The average Bonchev–Trinajstić information content (AvgIpc) is 2.43. The van der Waals surface area contributed by atoms with E-state index >= 15 is 0 Å². The van der Waals surface area contributed by atoms with Crippen LogP contribution < -0.4 is 5.32 Å². The van der Waals surface area contributed by atoms with Crippen molar-refractivity contribution in [2.45, 2.75) is 39.5 Å². The third kappa shape index (κ3) is 5.84. The molecule has 2 atom stereocenters. The highest BCUT2D eigenvalue weighted by Gasteiger charge is 2.21. The lowest BCUT2D eigenvalue weighted by Gasteiger charge is -2.17. The van der Waals surface area contributed by atoms with Gasteiger partial charge in [0.05, 0.1) is 5.92 Å². The van der Waals surface area contributed by atoms with Crippen molar-refractivity contribution in [3.05, 3.63) is 35.6 Å². The molecule has 0 aliphatic heterocycles. The lowest BCUT2D eigenvalue weighted by molar-refractivity contribution is -0.142. The molecule has 1 rings (SSSR count). The summed E-state index contributed by atoms with van der Waals surface area (Å²) in [6.07, 6.45) is 0.646. The second-order valence-electron chi connectivity index (χ2n) is 6.10. The van der Waals surface area contributed by atoms with Crippen LogP contribution in [-0.2, 0) is 9.59 Å². The maximum atomic E-state index is 13.6. The molecular weight excluding hydrogens is 285 g/mol. The number of hydrogen-bond donors (Lipinski definition) is 2. The van der Waals surface area contributed by atoms with E-state index in [2.05, 4.69) is 5.32 Å². The van der Waals surface area contributed by atoms with Crippen molar-refractivity contribution in [1.82, 2.24) is 5.32 Å². The van der Waals surface area contributed by atoms with Crippen LogP contribution >= 0.6 is 0 Å². The van der Waals surface area contributed by atoms with Crippen LogP contribution in [0, 0.1) is 17.7 Å². The predicted molar refractivity (Wildman–Crippen MR) is 83.0 cm³/mol. The highest BCUT2D eigenvalue weighted by molar-refractivity contribution is 5.78. The third-order valence-corrected chi connectivity index (χ3v) is 3.58. The minimum absolute atomic E-state index is 0.107. The second-order valence-corrected chi connectivity index (χ2v) is 6.10. The number of amides is 1. The summed E-state index contributed by atoms with van der Waals surface area (Å²) in [4.78, 5) is 23.1. The first kappa shape index (κ1) is 18.1. The van der Waals surface area contributed by atoms with Gasteiger partial charge < -0.3 is 10.4 Å². The normalized spacial score (nSPS) is 13.7. The van der Waals surface area contributed by atoms with Crippen LogP contribution in [0.4, 0.5) is 4.39 Å². The van der Waals surface area contributed by atoms with Gasteiger partial charge >= 0.3 is 5.97 Å². The number of carbonyl (C=O) groups is 2. The number of carboxylic acids is 1. The van der Waals surface area contributed by atoms with Crippen LogP contribution in [0.25, 0.3) is 0 Å². The molecule has 22 heavy (non-hydrogen) atoms. The lowest BCUT2D eigenvalue weighted by atomic mass is 9.95. The Kier molecular flexibility index (Phi) is 7.02. The molecule has 1 aromatic rings. The fourth-order valence-electron chi connectivity index (χ4n) is 2.41. The molecule has 0 fully saturated rings. The van der Waals surface area contributed by atoms with E-state index < -0.39 is 11.9 Å². The fraction of sp³-hybridized carbons (Fsp3) is 0.529. The van der Waals surface area contributed by atoms with Gasteiger partial charge in [-0.25, -0.2) is 4.39 Å². The fourth-order valence-corrected chi connectivity index (χ4v) is 2.41. The molecule has 0 aliphatic carbocycles. The molecule has 5 heteroatoms. The highest BCUT2D eigenvalue weighted by atomic mass is 19.1. The smallest absolute Gasteiger partial charge is 0.308 e. The summed E-state index contributed by atoms with van der Waals surface area (Å²) in [6, 6.07) is 6.36. The molecule has 2 unspecified atom stereocenters. The average molecular weight is 309 g/mol. The van der Waals surface area contributed by atoms with Crippen LogP contribution in [0.2, 0.25) is 0 Å². The largest absolute Gasteiger partial charge is 0.481 e. The summed E-state index contributed by atoms with van der Waals surface area (Å²) < 4.78 is 13.6. The molecule has 0 spiro atoms. The topological polar surface area (TPSA) is 66.4 Å².